The summed E-state index contributed by atoms with van der Waals surface area (Å²) in [6, 6.07) is 22.2. The zero-order chi connectivity index (χ0) is 23.8. The fraction of sp³-hybridized carbons (Fsp3) is 0.241. The van der Waals surface area contributed by atoms with E-state index in [2.05, 4.69) is 39.0 Å². The molecule has 1 saturated heterocycles. The lowest BCUT2D eigenvalue weighted by atomic mass is 9.98. The number of rotatable bonds is 5. The Morgan fingerprint density at radius 2 is 1.63 bits per heavy atom. The van der Waals surface area contributed by atoms with E-state index in [1.807, 2.05) is 49.4 Å². The zero-order valence-electron chi connectivity index (χ0n) is 19.7. The van der Waals surface area contributed by atoms with Gasteiger partial charge in [-0.3, -0.25) is 14.7 Å². The van der Waals surface area contributed by atoms with Crippen LogP contribution in [-0.4, -0.2) is 48.6 Å². The Kier molecular flexibility index (Phi) is 5.58. The highest BCUT2D eigenvalue weighted by atomic mass is 16.7. The van der Waals surface area contributed by atoms with Crippen LogP contribution in [0.15, 0.2) is 72.9 Å². The predicted octanol–water partition coefficient (Wildman–Crippen LogP) is 4.83. The molecule has 2 aliphatic rings. The number of pyridine rings is 1. The van der Waals surface area contributed by atoms with Crippen molar-refractivity contribution in [3.8, 4) is 11.5 Å². The molecule has 0 N–H and O–H groups in total. The average molecular weight is 466 g/mol. The number of aryl methyl sites for hydroxylation is 1. The Morgan fingerprint density at radius 3 is 2.37 bits per heavy atom. The average Bonchev–Trinajstić information content (AvgIpc) is 3.35. The molecular weight excluding hydrogens is 438 g/mol. The summed E-state index contributed by atoms with van der Waals surface area (Å²) in [6.07, 6.45) is 1.72. The molecule has 3 aromatic carbocycles. The number of nitrogens with zero attached hydrogens (tertiary/aromatic N) is 3. The first-order chi connectivity index (χ1) is 17.2. The van der Waals surface area contributed by atoms with Crippen LogP contribution < -0.4 is 14.4 Å². The van der Waals surface area contributed by atoms with Crippen LogP contribution in [0.1, 0.15) is 27.0 Å². The molecule has 6 rings (SSSR count). The SMILES string of the molecule is Cc1ccc(C(=O)c2cnc3cc4c(cc3c2N2CCN(Cc3ccccc3)CC2)OCO4)cc1. The van der Waals surface area contributed by atoms with Gasteiger partial charge in [-0.25, -0.2) is 0 Å². The van der Waals surface area contributed by atoms with Gasteiger partial charge in [0.1, 0.15) is 0 Å². The molecule has 0 unspecified atom stereocenters. The summed E-state index contributed by atoms with van der Waals surface area (Å²) in [6.45, 7) is 6.65. The fourth-order valence-corrected chi connectivity index (χ4v) is 4.91. The molecule has 0 spiro atoms. The Labute approximate surface area is 204 Å². The quantitative estimate of drug-likeness (QED) is 0.394. The third-order valence-corrected chi connectivity index (χ3v) is 6.83. The minimum absolute atomic E-state index is 0.0150. The molecule has 0 amide bonds. The molecular formula is C29H27N3O3. The van der Waals surface area contributed by atoms with E-state index in [1.165, 1.54) is 5.56 Å². The molecule has 3 heterocycles. The molecule has 1 fully saturated rings. The monoisotopic (exact) mass is 465 g/mol. The van der Waals surface area contributed by atoms with Crippen molar-refractivity contribution in [2.75, 3.05) is 37.9 Å². The number of benzene rings is 3. The number of carbonyl (C=O) groups excluding carboxylic acids is 1. The van der Waals surface area contributed by atoms with Gasteiger partial charge in [-0.15, -0.1) is 0 Å². The van der Waals surface area contributed by atoms with Crippen LogP contribution in [0, 0.1) is 6.92 Å². The van der Waals surface area contributed by atoms with Gasteiger partial charge in [0.2, 0.25) is 6.79 Å². The second-order valence-electron chi connectivity index (χ2n) is 9.19. The number of piperazine rings is 1. The Balaban J connectivity index is 1.36. The molecule has 4 aromatic rings. The van der Waals surface area contributed by atoms with Crippen LogP contribution >= 0.6 is 0 Å². The van der Waals surface area contributed by atoms with Crippen molar-refractivity contribution in [2.45, 2.75) is 13.5 Å². The summed E-state index contributed by atoms with van der Waals surface area (Å²) >= 11 is 0. The van der Waals surface area contributed by atoms with Crippen molar-refractivity contribution in [1.82, 2.24) is 9.88 Å². The first-order valence-corrected chi connectivity index (χ1v) is 12.0. The van der Waals surface area contributed by atoms with Gasteiger partial charge in [0.05, 0.1) is 16.8 Å². The third-order valence-electron chi connectivity index (χ3n) is 6.83. The summed E-state index contributed by atoms with van der Waals surface area (Å²) in [5, 5.41) is 0.920. The molecule has 0 saturated carbocycles. The summed E-state index contributed by atoms with van der Waals surface area (Å²) in [7, 11) is 0. The number of hydrogen-bond acceptors (Lipinski definition) is 6. The summed E-state index contributed by atoms with van der Waals surface area (Å²) < 4.78 is 11.2. The van der Waals surface area contributed by atoms with Gasteiger partial charge in [-0.1, -0.05) is 60.2 Å². The topological polar surface area (TPSA) is 54.9 Å². The van der Waals surface area contributed by atoms with E-state index in [1.54, 1.807) is 6.20 Å². The Bertz CT molecular complexity index is 1380. The van der Waals surface area contributed by atoms with Gasteiger partial charge in [-0.05, 0) is 18.6 Å². The van der Waals surface area contributed by atoms with Crippen molar-refractivity contribution in [3.63, 3.8) is 0 Å². The van der Waals surface area contributed by atoms with Gasteiger partial charge in [-0.2, -0.15) is 0 Å². The van der Waals surface area contributed by atoms with Crippen LogP contribution in [-0.2, 0) is 6.54 Å². The number of ketones is 1. The summed E-state index contributed by atoms with van der Waals surface area (Å²) in [5.74, 6) is 1.38. The largest absolute Gasteiger partial charge is 0.454 e. The predicted molar refractivity (Wildman–Crippen MR) is 136 cm³/mol. The zero-order valence-corrected chi connectivity index (χ0v) is 19.7. The maximum Gasteiger partial charge on any atom is 0.231 e. The number of aromatic nitrogens is 1. The van der Waals surface area contributed by atoms with Gasteiger partial charge in [0.15, 0.2) is 17.3 Å². The van der Waals surface area contributed by atoms with E-state index in [-0.39, 0.29) is 12.6 Å². The van der Waals surface area contributed by atoms with E-state index in [0.29, 0.717) is 22.6 Å². The van der Waals surface area contributed by atoms with E-state index in [0.717, 1.165) is 54.9 Å². The molecule has 6 heteroatoms. The fourth-order valence-electron chi connectivity index (χ4n) is 4.91. The van der Waals surface area contributed by atoms with Crippen molar-refractivity contribution in [3.05, 3.63) is 95.2 Å². The van der Waals surface area contributed by atoms with Crippen molar-refractivity contribution in [2.24, 2.45) is 0 Å². The van der Waals surface area contributed by atoms with Crippen molar-refractivity contribution in [1.29, 1.82) is 0 Å². The maximum atomic E-state index is 13.7. The molecule has 2 aliphatic heterocycles. The maximum absolute atomic E-state index is 13.7. The molecule has 6 nitrogen and oxygen atoms in total. The van der Waals surface area contributed by atoms with Crippen LogP contribution in [0.5, 0.6) is 11.5 Å². The van der Waals surface area contributed by atoms with Gasteiger partial charge < -0.3 is 14.4 Å². The first-order valence-electron chi connectivity index (χ1n) is 12.0. The lowest BCUT2D eigenvalue weighted by Gasteiger charge is -2.37. The Morgan fingerprint density at radius 1 is 0.914 bits per heavy atom. The van der Waals surface area contributed by atoms with E-state index in [9.17, 15) is 4.79 Å². The number of anilines is 1. The second kappa shape index (κ2) is 9.04. The van der Waals surface area contributed by atoms with Crippen LogP contribution in [0.3, 0.4) is 0 Å². The number of fused-ring (bicyclic) bond motifs is 2. The third kappa shape index (κ3) is 4.21. The normalized spacial score (nSPS) is 15.5. The van der Waals surface area contributed by atoms with Crippen LogP contribution in [0.25, 0.3) is 10.9 Å². The molecule has 1 aromatic heterocycles. The van der Waals surface area contributed by atoms with Crippen molar-refractivity contribution < 1.29 is 14.3 Å². The number of ether oxygens (including phenoxy) is 2. The molecule has 0 radical (unpaired) electrons. The number of hydrogen-bond donors (Lipinski definition) is 0. The van der Waals surface area contributed by atoms with E-state index < -0.39 is 0 Å². The summed E-state index contributed by atoms with van der Waals surface area (Å²) in [4.78, 5) is 23.1. The second-order valence-corrected chi connectivity index (χ2v) is 9.19. The van der Waals surface area contributed by atoms with Crippen LogP contribution in [0.2, 0.25) is 0 Å². The highest BCUT2D eigenvalue weighted by Gasteiger charge is 2.27. The van der Waals surface area contributed by atoms with E-state index >= 15 is 0 Å². The first kappa shape index (κ1) is 21.6. The lowest BCUT2D eigenvalue weighted by Crippen LogP contribution is -2.46. The highest BCUT2D eigenvalue weighted by molar-refractivity contribution is 6.16. The molecule has 0 atom stereocenters. The highest BCUT2D eigenvalue weighted by Crippen LogP contribution is 2.40. The lowest BCUT2D eigenvalue weighted by molar-refractivity contribution is 0.103. The molecule has 0 aliphatic carbocycles. The minimum Gasteiger partial charge on any atom is -0.454 e. The Hall–Kier alpha value is -3.90. The van der Waals surface area contributed by atoms with Gasteiger partial charge >= 0.3 is 0 Å². The van der Waals surface area contributed by atoms with Gasteiger partial charge in [0.25, 0.3) is 0 Å². The molecule has 35 heavy (non-hydrogen) atoms. The molecule has 176 valence electrons. The molecule has 0 bridgehead atoms. The van der Waals surface area contributed by atoms with E-state index in [4.69, 9.17) is 9.47 Å². The van der Waals surface area contributed by atoms with Crippen LogP contribution in [0.4, 0.5) is 5.69 Å². The summed E-state index contributed by atoms with van der Waals surface area (Å²) in [5.41, 5.74) is 5.46. The minimum atomic E-state index is -0.0150. The number of carbonyl (C=O) groups is 1. The van der Waals surface area contributed by atoms with Crippen molar-refractivity contribution >= 4 is 22.4 Å². The standard InChI is InChI=1S/C29H27N3O3/c1-20-7-9-22(10-8-20)29(33)24-17-30-25-16-27-26(34-19-35-27)15-23(25)28(24)32-13-11-31(12-14-32)18-21-5-3-2-4-6-21/h2-10,15-17H,11-14,18-19H2,1H3. The van der Waals surface area contributed by atoms with Gasteiger partial charge in [0, 0.05) is 55.9 Å². The smallest absolute Gasteiger partial charge is 0.231 e.